The molecule has 4 nitrogen and oxygen atoms in total. The van der Waals surface area contributed by atoms with Crippen LogP contribution in [-0.2, 0) is 4.79 Å². The Morgan fingerprint density at radius 2 is 2.29 bits per heavy atom. The molecule has 1 rings (SSSR count). The largest absolute Gasteiger partial charge is 0.480 e. The number of carboxylic acid groups (broad SMARTS) is 1. The van der Waals surface area contributed by atoms with E-state index in [1.54, 1.807) is 32.0 Å². The van der Waals surface area contributed by atoms with Gasteiger partial charge in [0.2, 0.25) is 0 Å². The second-order valence-corrected chi connectivity index (χ2v) is 4.78. The number of hydrogen-bond acceptors (Lipinski definition) is 3. The molecule has 17 heavy (non-hydrogen) atoms. The zero-order valence-corrected chi connectivity index (χ0v) is 11.2. The van der Waals surface area contributed by atoms with E-state index in [0.717, 1.165) is 0 Å². The summed E-state index contributed by atoms with van der Waals surface area (Å²) < 4.78 is 0.647. The van der Waals surface area contributed by atoms with Gasteiger partial charge in [-0.2, -0.15) is 5.26 Å². The highest BCUT2D eigenvalue weighted by atomic mass is 79.9. The van der Waals surface area contributed by atoms with Gasteiger partial charge in [-0.15, -0.1) is 0 Å². The first-order valence-corrected chi connectivity index (χ1v) is 5.93. The highest BCUT2D eigenvalue weighted by molar-refractivity contribution is 9.10. The number of hydrogen-bond donors (Lipinski definition) is 2. The summed E-state index contributed by atoms with van der Waals surface area (Å²) in [5, 5.41) is 20.9. The Labute approximate surface area is 108 Å². The lowest BCUT2D eigenvalue weighted by Gasteiger charge is -2.26. The third-order valence-electron chi connectivity index (χ3n) is 2.69. The summed E-state index contributed by atoms with van der Waals surface area (Å²) in [7, 11) is 0. The summed E-state index contributed by atoms with van der Waals surface area (Å²) in [6.07, 6.45) is 0.458. The van der Waals surface area contributed by atoms with Crippen LogP contribution in [0.15, 0.2) is 22.7 Å². The monoisotopic (exact) mass is 296 g/mol. The van der Waals surface area contributed by atoms with Gasteiger partial charge in [0.05, 0.1) is 5.56 Å². The Hall–Kier alpha value is -1.54. The van der Waals surface area contributed by atoms with E-state index in [1.165, 1.54) is 0 Å². The average molecular weight is 297 g/mol. The van der Waals surface area contributed by atoms with Crippen LogP contribution in [0.3, 0.4) is 0 Å². The number of carbonyl (C=O) groups is 1. The normalized spacial score (nSPS) is 13.5. The molecule has 0 fully saturated rings. The molecule has 0 aliphatic heterocycles. The van der Waals surface area contributed by atoms with Crippen LogP contribution in [-0.4, -0.2) is 16.6 Å². The quantitative estimate of drug-likeness (QED) is 0.896. The summed E-state index contributed by atoms with van der Waals surface area (Å²) in [5.74, 6) is -0.902. The number of aliphatic carboxylic acids is 1. The topological polar surface area (TPSA) is 73.1 Å². The fourth-order valence-corrected chi connectivity index (χ4v) is 1.76. The number of benzene rings is 1. The zero-order chi connectivity index (χ0) is 13.1. The first-order chi connectivity index (χ1) is 7.92. The summed E-state index contributed by atoms with van der Waals surface area (Å²) in [4.78, 5) is 11.1. The van der Waals surface area contributed by atoms with Gasteiger partial charge in [0, 0.05) is 10.2 Å². The van der Waals surface area contributed by atoms with Crippen LogP contribution < -0.4 is 5.32 Å². The lowest BCUT2D eigenvalue weighted by Crippen LogP contribution is -2.42. The van der Waals surface area contributed by atoms with Crippen LogP contribution in [0.2, 0.25) is 0 Å². The predicted molar refractivity (Wildman–Crippen MR) is 68.8 cm³/mol. The van der Waals surface area contributed by atoms with Gasteiger partial charge in [0.1, 0.15) is 11.6 Å². The van der Waals surface area contributed by atoms with Gasteiger partial charge in [-0.05, 0) is 47.5 Å². The molecule has 0 bridgehead atoms. The maximum absolute atomic E-state index is 11.1. The van der Waals surface area contributed by atoms with Crippen LogP contribution in [0.4, 0.5) is 5.69 Å². The van der Waals surface area contributed by atoms with Crippen LogP contribution in [0.25, 0.3) is 0 Å². The number of nitrogens with one attached hydrogen (secondary N) is 1. The van der Waals surface area contributed by atoms with Crippen molar-refractivity contribution in [3.8, 4) is 6.07 Å². The molecular formula is C12H13BrN2O2. The maximum Gasteiger partial charge on any atom is 0.329 e. The summed E-state index contributed by atoms with van der Waals surface area (Å²) in [6.45, 7) is 3.43. The molecule has 5 heteroatoms. The Bertz CT molecular complexity index is 482. The zero-order valence-electron chi connectivity index (χ0n) is 9.62. The summed E-state index contributed by atoms with van der Waals surface area (Å²) in [5.41, 5.74) is 0.180. The first-order valence-electron chi connectivity index (χ1n) is 5.14. The van der Waals surface area contributed by atoms with Gasteiger partial charge in [-0.1, -0.05) is 6.92 Å². The fraction of sp³-hybridized carbons (Fsp3) is 0.333. The van der Waals surface area contributed by atoms with Crippen molar-refractivity contribution >= 4 is 27.6 Å². The fourth-order valence-electron chi connectivity index (χ4n) is 1.30. The molecule has 0 aliphatic carbocycles. The molecule has 1 unspecified atom stereocenters. The smallest absolute Gasteiger partial charge is 0.329 e. The lowest BCUT2D eigenvalue weighted by molar-refractivity contribution is -0.141. The van der Waals surface area contributed by atoms with Crippen molar-refractivity contribution in [2.45, 2.75) is 25.8 Å². The molecule has 1 aromatic rings. The molecule has 0 saturated carbocycles. The molecule has 1 aromatic carbocycles. The number of rotatable bonds is 4. The maximum atomic E-state index is 11.1. The SMILES string of the molecule is CCC(C)(Nc1ccc(C#N)c(Br)c1)C(=O)O. The minimum atomic E-state index is -1.01. The van der Waals surface area contributed by atoms with Gasteiger partial charge < -0.3 is 10.4 Å². The van der Waals surface area contributed by atoms with E-state index >= 15 is 0 Å². The number of anilines is 1. The van der Waals surface area contributed by atoms with E-state index in [-0.39, 0.29) is 0 Å². The second-order valence-electron chi connectivity index (χ2n) is 3.92. The average Bonchev–Trinajstić information content (AvgIpc) is 2.29. The first kappa shape index (κ1) is 13.5. The van der Waals surface area contributed by atoms with Gasteiger partial charge in [-0.3, -0.25) is 0 Å². The molecular weight excluding hydrogens is 284 g/mol. The minimum Gasteiger partial charge on any atom is -0.480 e. The third-order valence-corrected chi connectivity index (χ3v) is 3.34. The molecule has 0 radical (unpaired) electrons. The van der Waals surface area contributed by atoms with Crippen LogP contribution >= 0.6 is 15.9 Å². The molecule has 0 saturated heterocycles. The van der Waals surface area contributed by atoms with Gasteiger partial charge in [0.25, 0.3) is 0 Å². The standard InChI is InChI=1S/C12H13BrN2O2/c1-3-12(2,11(16)17)15-9-5-4-8(7-14)10(13)6-9/h4-6,15H,3H2,1-2H3,(H,16,17). The molecule has 0 heterocycles. The molecule has 0 amide bonds. The van der Waals surface area contributed by atoms with E-state index < -0.39 is 11.5 Å². The van der Waals surface area contributed by atoms with Crippen molar-refractivity contribution in [2.75, 3.05) is 5.32 Å². The van der Waals surface area contributed by atoms with Gasteiger partial charge >= 0.3 is 5.97 Å². The van der Waals surface area contributed by atoms with Crippen LogP contribution in [0, 0.1) is 11.3 Å². The Morgan fingerprint density at radius 1 is 1.65 bits per heavy atom. The van der Waals surface area contributed by atoms with Crippen molar-refractivity contribution in [3.05, 3.63) is 28.2 Å². The van der Waals surface area contributed by atoms with Crippen molar-refractivity contribution in [1.29, 1.82) is 5.26 Å². The highest BCUT2D eigenvalue weighted by Gasteiger charge is 2.30. The Balaban J connectivity index is 3.00. The number of carboxylic acids is 1. The van der Waals surface area contributed by atoms with Crippen molar-refractivity contribution in [2.24, 2.45) is 0 Å². The molecule has 0 aliphatic rings. The summed E-state index contributed by atoms with van der Waals surface area (Å²) in [6, 6.07) is 7.07. The van der Waals surface area contributed by atoms with E-state index in [0.29, 0.717) is 22.1 Å². The van der Waals surface area contributed by atoms with Crippen LogP contribution in [0.1, 0.15) is 25.8 Å². The van der Waals surface area contributed by atoms with Crippen molar-refractivity contribution in [3.63, 3.8) is 0 Å². The van der Waals surface area contributed by atoms with E-state index in [4.69, 9.17) is 10.4 Å². The van der Waals surface area contributed by atoms with E-state index in [1.807, 2.05) is 6.07 Å². The van der Waals surface area contributed by atoms with Crippen LogP contribution in [0.5, 0.6) is 0 Å². The Morgan fingerprint density at radius 3 is 2.71 bits per heavy atom. The second kappa shape index (κ2) is 5.19. The minimum absolute atomic E-state index is 0.458. The highest BCUT2D eigenvalue weighted by Crippen LogP contribution is 2.24. The number of halogens is 1. The number of nitriles is 1. The molecule has 0 aromatic heterocycles. The molecule has 90 valence electrons. The molecule has 0 spiro atoms. The van der Waals surface area contributed by atoms with E-state index in [2.05, 4.69) is 21.2 Å². The molecule has 1 atom stereocenters. The Kier molecular flexibility index (Phi) is 4.13. The van der Waals surface area contributed by atoms with Crippen molar-refractivity contribution < 1.29 is 9.90 Å². The number of nitrogens with zero attached hydrogens (tertiary/aromatic N) is 1. The molecule has 2 N–H and O–H groups in total. The van der Waals surface area contributed by atoms with Gasteiger partial charge in [-0.25, -0.2) is 4.79 Å². The summed E-state index contributed by atoms with van der Waals surface area (Å²) >= 11 is 3.26. The predicted octanol–water partition coefficient (Wildman–Crippen LogP) is 2.99. The third kappa shape index (κ3) is 2.98. The van der Waals surface area contributed by atoms with Crippen molar-refractivity contribution in [1.82, 2.24) is 0 Å². The van der Waals surface area contributed by atoms with E-state index in [9.17, 15) is 4.79 Å². The lowest BCUT2D eigenvalue weighted by atomic mass is 9.98. The van der Waals surface area contributed by atoms with Gasteiger partial charge in [0.15, 0.2) is 0 Å².